The quantitative estimate of drug-likeness (QED) is 0.836. The van der Waals surface area contributed by atoms with Crippen LogP contribution in [0.25, 0.3) is 0 Å². The third-order valence-corrected chi connectivity index (χ3v) is 2.84. The number of hydrogen-bond donors (Lipinski definition) is 1. The second-order valence-electron chi connectivity index (χ2n) is 5.67. The average molecular weight is 279 g/mol. The molecule has 1 fully saturated rings. The van der Waals surface area contributed by atoms with Crippen LogP contribution >= 0.6 is 0 Å². The first-order valence-electron chi connectivity index (χ1n) is 6.93. The molecule has 0 radical (unpaired) electrons. The normalized spacial score (nSPS) is 15.1. The number of hydrogen-bond acceptors (Lipinski definition) is 5. The van der Waals surface area contributed by atoms with Crippen LogP contribution < -0.4 is 10.2 Å². The predicted molar refractivity (Wildman–Crippen MR) is 81.0 cm³/mol. The lowest BCUT2D eigenvalue weighted by molar-refractivity contribution is -0.138. The first kappa shape index (κ1) is 16.4. The Morgan fingerprint density at radius 2 is 2.00 bits per heavy atom. The molecule has 1 aromatic rings. The van der Waals surface area contributed by atoms with Gasteiger partial charge in [-0.15, -0.1) is 0 Å². The largest absolute Gasteiger partial charge is 0.462 e. The predicted octanol–water partition coefficient (Wildman–Crippen LogP) is 1.76. The summed E-state index contributed by atoms with van der Waals surface area (Å²) in [5.41, 5.74) is 2.09. The first-order chi connectivity index (χ1) is 9.44. The van der Waals surface area contributed by atoms with Crippen molar-refractivity contribution < 1.29 is 9.53 Å². The van der Waals surface area contributed by atoms with E-state index in [2.05, 4.69) is 32.9 Å². The number of ether oxygens (including phenoxy) is 1. The Morgan fingerprint density at radius 1 is 1.35 bits per heavy atom. The van der Waals surface area contributed by atoms with Crippen LogP contribution in [-0.4, -0.2) is 43.2 Å². The van der Waals surface area contributed by atoms with Crippen molar-refractivity contribution in [3.8, 4) is 0 Å². The molecule has 0 unspecified atom stereocenters. The van der Waals surface area contributed by atoms with E-state index in [-0.39, 0.29) is 5.60 Å². The molecule has 0 spiro atoms. The molecule has 1 N–H and O–H groups in total. The van der Waals surface area contributed by atoms with Crippen LogP contribution in [0.3, 0.4) is 0 Å². The van der Waals surface area contributed by atoms with E-state index < -0.39 is 0 Å². The molecule has 0 bridgehead atoms. The van der Waals surface area contributed by atoms with Gasteiger partial charge in [0.15, 0.2) is 0 Å². The third kappa shape index (κ3) is 6.02. The van der Waals surface area contributed by atoms with Gasteiger partial charge in [-0.1, -0.05) is 0 Å². The fourth-order valence-corrected chi connectivity index (χ4v) is 1.86. The Balaban J connectivity index is 0.000000246. The summed E-state index contributed by atoms with van der Waals surface area (Å²) in [4.78, 5) is 16.3. The van der Waals surface area contributed by atoms with Crippen molar-refractivity contribution in [2.45, 2.75) is 33.3 Å². The summed E-state index contributed by atoms with van der Waals surface area (Å²) in [6, 6.07) is 4.15. The summed E-state index contributed by atoms with van der Waals surface area (Å²) in [5.74, 6) is 0. The molecular formula is C15H25N3O2. The van der Waals surface area contributed by atoms with Crippen molar-refractivity contribution in [1.82, 2.24) is 10.3 Å². The van der Waals surface area contributed by atoms with Gasteiger partial charge in [0.25, 0.3) is 6.47 Å². The number of nitrogens with zero attached hydrogens (tertiary/aromatic N) is 2. The highest BCUT2D eigenvalue weighted by molar-refractivity contribution is 5.50. The second kappa shape index (κ2) is 7.85. The lowest BCUT2D eigenvalue weighted by Crippen LogP contribution is -2.43. The van der Waals surface area contributed by atoms with E-state index in [1.54, 1.807) is 0 Å². The Hall–Kier alpha value is -1.62. The number of rotatable bonds is 2. The van der Waals surface area contributed by atoms with Gasteiger partial charge in [0.1, 0.15) is 5.60 Å². The van der Waals surface area contributed by atoms with Gasteiger partial charge in [0.05, 0.1) is 11.4 Å². The molecule has 20 heavy (non-hydrogen) atoms. The SMILES string of the molecule is CC(C)(C)OC=O.Cc1ncccc1N1CCNCC1. The lowest BCUT2D eigenvalue weighted by atomic mass is 10.2. The zero-order chi connectivity index (χ0) is 15.0. The number of aryl methyl sites for hydroxylation is 1. The first-order valence-corrected chi connectivity index (χ1v) is 6.93. The maximum atomic E-state index is 9.60. The summed E-state index contributed by atoms with van der Waals surface area (Å²) < 4.78 is 4.55. The summed E-state index contributed by atoms with van der Waals surface area (Å²) in [6.07, 6.45) is 1.85. The van der Waals surface area contributed by atoms with Crippen LogP contribution in [-0.2, 0) is 9.53 Å². The van der Waals surface area contributed by atoms with Gasteiger partial charge in [-0.2, -0.15) is 0 Å². The van der Waals surface area contributed by atoms with Gasteiger partial charge >= 0.3 is 0 Å². The molecule has 112 valence electrons. The summed E-state index contributed by atoms with van der Waals surface area (Å²) in [6.45, 7) is 12.3. The molecular weight excluding hydrogens is 254 g/mol. The standard InChI is InChI=1S/C10H15N3.C5H10O2/c1-9-10(3-2-4-12-9)13-7-5-11-6-8-13;1-5(2,3)7-4-6/h2-4,11H,5-8H2,1H3;4H,1-3H3. The van der Waals surface area contributed by atoms with Crippen LogP contribution in [0.4, 0.5) is 5.69 Å². The highest BCUT2D eigenvalue weighted by atomic mass is 16.5. The molecule has 2 heterocycles. The maximum absolute atomic E-state index is 9.60. The second-order valence-corrected chi connectivity index (χ2v) is 5.67. The zero-order valence-corrected chi connectivity index (χ0v) is 12.8. The number of aromatic nitrogens is 1. The Labute approximate surface area is 121 Å². The van der Waals surface area contributed by atoms with Crippen molar-refractivity contribution in [2.24, 2.45) is 0 Å². The highest BCUT2D eigenvalue weighted by Crippen LogP contribution is 2.16. The molecule has 0 amide bonds. The van der Waals surface area contributed by atoms with E-state index in [0.29, 0.717) is 6.47 Å². The molecule has 1 saturated heterocycles. The van der Waals surface area contributed by atoms with Crippen LogP contribution in [0.2, 0.25) is 0 Å². The highest BCUT2D eigenvalue weighted by Gasteiger charge is 2.11. The molecule has 2 rings (SSSR count). The Morgan fingerprint density at radius 3 is 2.45 bits per heavy atom. The minimum absolute atomic E-state index is 0.318. The van der Waals surface area contributed by atoms with Crippen molar-refractivity contribution in [3.05, 3.63) is 24.0 Å². The fraction of sp³-hybridized carbons (Fsp3) is 0.600. The molecule has 1 aliphatic rings. The lowest BCUT2D eigenvalue weighted by Gasteiger charge is -2.30. The van der Waals surface area contributed by atoms with Crippen molar-refractivity contribution >= 4 is 12.2 Å². The molecule has 0 atom stereocenters. The zero-order valence-electron chi connectivity index (χ0n) is 12.8. The maximum Gasteiger partial charge on any atom is 0.293 e. The van der Waals surface area contributed by atoms with Gasteiger partial charge < -0.3 is 15.0 Å². The van der Waals surface area contributed by atoms with Crippen LogP contribution in [0.1, 0.15) is 26.5 Å². The summed E-state index contributed by atoms with van der Waals surface area (Å²) in [7, 11) is 0. The topological polar surface area (TPSA) is 54.5 Å². The number of carbonyl (C=O) groups is 1. The van der Waals surface area contributed by atoms with Gasteiger partial charge in [0, 0.05) is 32.4 Å². The van der Waals surface area contributed by atoms with E-state index in [1.165, 1.54) is 5.69 Å². The average Bonchev–Trinajstić information content (AvgIpc) is 2.40. The van der Waals surface area contributed by atoms with Crippen LogP contribution in [0, 0.1) is 6.92 Å². The van der Waals surface area contributed by atoms with E-state index in [9.17, 15) is 4.79 Å². The fourth-order valence-electron chi connectivity index (χ4n) is 1.86. The third-order valence-electron chi connectivity index (χ3n) is 2.84. The summed E-state index contributed by atoms with van der Waals surface area (Å²) in [5, 5.41) is 3.34. The smallest absolute Gasteiger partial charge is 0.293 e. The van der Waals surface area contributed by atoms with Gasteiger partial charge in [0.2, 0.25) is 0 Å². The molecule has 5 nitrogen and oxygen atoms in total. The molecule has 5 heteroatoms. The Bertz CT molecular complexity index is 410. The van der Waals surface area contributed by atoms with E-state index in [4.69, 9.17) is 0 Å². The Kier molecular flexibility index (Phi) is 6.45. The van der Waals surface area contributed by atoms with Crippen molar-refractivity contribution in [1.29, 1.82) is 0 Å². The van der Waals surface area contributed by atoms with E-state index in [0.717, 1.165) is 31.9 Å². The van der Waals surface area contributed by atoms with Crippen LogP contribution in [0.5, 0.6) is 0 Å². The van der Waals surface area contributed by atoms with Crippen molar-refractivity contribution in [3.63, 3.8) is 0 Å². The van der Waals surface area contributed by atoms with Crippen LogP contribution in [0.15, 0.2) is 18.3 Å². The number of piperazine rings is 1. The number of pyridine rings is 1. The molecule has 1 aromatic heterocycles. The summed E-state index contributed by atoms with van der Waals surface area (Å²) >= 11 is 0. The van der Waals surface area contributed by atoms with E-state index in [1.807, 2.05) is 33.0 Å². The molecule has 0 aromatic carbocycles. The minimum Gasteiger partial charge on any atom is -0.462 e. The molecule has 0 saturated carbocycles. The van der Waals surface area contributed by atoms with Gasteiger partial charge in [-0.05, 0) is 39.8 Å². The van der Waals surface area contributed by atoms with Gasteiger partial charge in [-0.3, -0.25) is 9.78 Å². The van der Waals surface area contributed by atoms with Crippen molar-refractivity contribution in [2.75, 3.05) is 31.1 Å². The monoisotopic (exact) mass is 279 g/mol. The molecule has 0 aliphatic carbocycles. The number of nitrogens with one attached hydrogen (secondary N) is 1. The molecule has 1 aliphatic heterocycles. The number of anilines is 1. The van der Waals surface area contributed by atoms with E-state index >= 15 is 0 Å². The minimum atomic E-state index is -0.318. The number of carbonyl (C=O) groups excluding carboxylic acids is 1. The van der Waals surface area contributed by atoms with Gasteiger partial charge in [-0.25, -0.2) is 0 Å².